The summed E-state index contributed by atoms with van der Waals surface area (Å²) in [5, 5.41) is 0. The average Bonchev–Trinajstić information content (AvgIpc) is 3.16. The van der Waals surface area contributed by atoms with Crippen LogP contribution in [0.1, 0.15) is 45.5 Å². The number of nitrogens with zero attached hydrogens (tertiary/aromatic N) is 2. The number of piperidine rings is 1. The third-order valence-corrected chi connectivity index (χ3v) is 5.47. The number of hydrogen-bond acceptors (Lipinski definition) is 4. The molecule has 0 radical (unpaired) electrons. The van der Waals surface area contributed by atoms with Gasteiger partial charge in [-0.05, 0) is 73.7 Å². The van der Waals surface area contributed by atoms with E-state index < -0.39 is 0 Å². The number of ether oxygens (including phenoxy) is 1. The van der Waals surface area contributed by atoms with Crippen molar-refractivity contribution in [1.82, 2.24) is 4.90 Å². The first-order chi connectivity index (χ1) is 13.2. The summed E-state index contributed by atoms with van der Waals surface area (Å²) in [6.07, 6.45) is 4.34. The predicted molar refractivity (Wildman–Crippen MR) is 105 cm³/mol. The molecule has 2 aliphatic rings. The van der Waals surface area contributed by atoms with Crippen molar-refractivity contribution in [2.24, 2.45) is 0 Å². The molecular formula is C22H24N2O3. The molecule has 5 nitrogen and oxygen atoms in total. The lowest BCUT2D eigenvalue weighted by Gasteiger charge is -2.27. The number of carbonyl (C=O) groups excluding carboxylic acids is 2. The number of hydrogen-bond donors (Lipinski definition) is 0. The van der Waals surface area contributed by atoms with Crippen LogP contribution < -0.4 is 4.90 Å². The van der Waals surface area contributed by atoms with E-state index in [2.05, 4.69) is 11.0 Å². The fourth-order valence-electron chi connectivity index (χ4n) is 3.98. The van der Waals surface area contributed by atoms with Crippen molar-refractivity contribution in [3.8, 4) is 0 Å². The lowest BCUT2D eigenvalue weighted by atomic mass is 10.1. The van der Waals surface area contributed by atoms with Crippen LogP contribution in [0.25, 0.3) is 0 Å². The Hall–Kier alpha value is -2.82. The minimum atomic E-state index is -0.329. The number of esters is 1. The molecule has 0 N–H and O–H groups in total. The molecule has 2 aromatic carbocycles. The van der Waals surface area contributed by atoms with Gasteiger partial charge >= 0.3 is 5.97 Å². The minimum absolute atomic E-state index is 0.151. The molecule has 0 atom stereocenters. The number of rotatable bonds is 3. The fraction of sp³-hybridized carbons (Fsp3) is 0.364. The Labute approximate surface area is 159 Å². The number of likely N-dealkylation sites (tertiary alicyclic amines) is 1. The van der Waals surface area contributed by atoms with Gasteiger partial charge in [-0.2, -0.15) is 0 Å². The van der Waals surface area contributed by atoms with Gasteiger partial charge in [0, 0.05) is 36.6 Å². The number of amides is 1. The summed E-state index contributed by atoms with van der Waals surface area (Å²) in [5.41, 5.74) is 4.71. The number of carbonyl (C=O) groups is 2. The van der Waals surface area contributed by atoms with Gasteiger partial charge in [-0.25, -0.2) is 4.79 Å². The van der Waals surface area contributed by atoms with E-state index in [1.165, 1.54) is 19.1 Å². The Bertz CT molecular complexity index is 854. The summed E-state index contributed by atoms with van der Waals surface area (Å²) in [6, 6.07) is 13.5. The summed E-state index contributed by atoms with van der Waals surface area (Å²) in [6.45, 7) is 2.61. The highest BCUT2D eigenvalue weighted by Gasteiger charge is 2.24. The van der Waals surface area contributed by atoms with E-state index >= 15 is 0 Å². The Morgan fingerprint density at radius 1 is 0.889 bits per heavy atom. The van der Waals surface area contributed by atoms with E-state index in [1.54, 1.807) is 12.1 Å². The van der Waals surface area contributed by atoms with Gasteiger partial charge in [0.1, 0.15) is 0 Å². The molecule has 140 valence electrons. The van der Waals surface area contributed by atoms with Crippen LogP contribution in [0.3, 0.4) is 0 Å². The molecule has 0 aromatic heterocycles. The van der Waals surface area contributed by atoms with Crippen molar-refractivity contribution in [2.45, 2.75) is 25.7 Å². The molecule has 5 heteroatoms. The van der Waals surface area contributed by atoms with Crippen molar-refractivity contribution in [2.75, 3.05) is 31.6 Å². The van der Waals surface area contributed by atoms with E-state index in [-0.39, 0.29) is 11.9 Å². The number of fused-ring (bicyclic) bond motifs is 1. The monoisotopic (exact) mass is 364 g/mol. The first-order valence-electron chi connectivity index (χ1n) is 9.55. The van der Waals surface area contributed by atoms with Gasteiger partial charge in [0.25, 0.3) is 5.91 Å². The largest absolute Gasteiger partial charge is 0.465 e. The third-order valence-electron chi connectivity index (χ3n) is 5.47. The summed E-state index contributed by atoms with van der Waals surface area (Å²) in [7, 11) is 1.38. The van der Waals surface area contributed by atoms with Gasteiger partial charge < -0.3 is 14.5 Å². The normalized spacial score (nSPS) is 16.2. The molecular weight excluding hydrogens is 340 g/mol. The van der Waals surface area contributed by atoms with Crippen LogP contribution in [0.2, 0.25) is 0 Å². The maximum atomic E-state index is 12.7. The smallest absolute Gasteiger partial charge is 0.337 e. The van der Waals surface area contributed by atoms with Crippen molar-refractivity contribution in [1.29, 1.82) is 0 Å². The molecule has 27 heavy (non-hydrogen) atoms. The number of methoxy groups -OCH3 is 1. The standard InChI is InChI=1S/C22H24N2O3/c1-27-22(26)16-5-8-19(9-6-16)24-14-11-17-15-18(7-10-20(17)24)21(25)23-12-3-2-4-13-23/h5-10,15H,2-4,11-14H2,1H3. The van der Waals surface area contributed by atoms with Crippen LogP contribution in [0, 0.1) is 0 Å². The molecule has 0 aliphatic carbocycles. The van der Waals surface area contributed by atoms with Crippen LogP contribution in [-0.4, -0.2) is 43.5 Å². The van der Waals surface area contributed by atoms with E-state index in [0.717, 1.165) is 55.8 Å². The summed E-state index contributed by atoms with van der Waals surface area (Å²) >= 11 is 0. The maximum absolute atomic E-state index is 12.7. The lowest BCUT2D eigenvalue weighted by molar-refractivity contribution is 0.0600. The Kier molecular flexibility index (Phi) is 4.84. The maximum Gasteiger partial charge on any atom is 0.337 e. The molecule has 0 unspecified atom stereocenters. The van der Waals surface area contributed by atoms with Crippen LogP contribution in [0.4, 0.5) is 11.4 Å². The first kappa shape index (κ1) is 17.6. The SMILES string of the molecule is COC(=O)c1ccc(N2CCc3cc(C(=O)N4CCCCC4)ccc32)cc1. The second-order valence-corrected chi connectivity index (χ2v) is 7.14. The van der Waals surface area contributed by atoms with E-state index in [0.29, 0.717) is 5.56 Å². The summed E-state index contributed by atoms with van der Waals surface area (Å²) in [5.74, 6) is -0.178. The Balaban J connectivity index is 1.54. The van der Waals surface area contributed by atoms with Crippen LogP contribution in [-0.2, 0) is 11.2 Å². The molecule has 1 amide bonds. The summed E-state index contributed by atoms with van der Waals surface area (Å²) in [4.78, 5) is 28.6. The second kappa shape index (κ2) is 7.43. The molecule has 2 aliphatic heterocycles. The second-order valence-electron chi connectivity index (χ2n) is 7.14. The van der Waals surface area contributed by atoms with Gasteiger partial charge in [0.15, 0.2) is 0 Å². The van der Waals surface area contributed by atoms with Crippen molar-refractivity contribution >= 4 is 23.3 Å². The molecule has 2 aromatic rings. The lowest BCUT2D eigenvalue weighted by Crippen LogP contribution is -2.35. The van der Waals surface area contributed by atoms with Gasteiger partial charge in [-0.1, -0.05) is 0 Å². The Morgan fingerprint density at radius 2 is 1.59 bits per heavy atom. The highest BCUT2D eigenvalue weighted by atomic mass is 16.5. The summed E-state index contributed by atoms with van der Waals surface area (Å²) < 4.78 is 4.75. The number of anilines is 2. The molecule has 0 saturated carbocycles. The van der Waals surface area contributed by atoms with E-state index in [9.17, 15) is 9.59 Å². The average molecular weight is 364 g/mol. The highest BCUT2D eigenvalue weighted by Crippen LogP contribution is 2.35. The van der Waals surface area contributed by atoms with Crippen LogP contribution >= 0.6 is 0 Å². The first-order valence-corrected chi connectivity index (χ1v) is 9.55. The molecule has 0 bridgehead atoms. The van der Waals surface area contributed by atoms with E-state index in [4.69, 9.17) is 4.74 Å². The van der Waals surface area contributed by atoms with Gasteiger partial charge in [0.05, 0.1) is 12.7 Å². The topological polar surface area (TPSA) is 49.9 Å². The minimum Gasteiger partial charge on any atom is -0.465 e. The molecule has 1 fully saturated rings. The molecule has 2 heterocycles. The van der Waals surface area contributed by atoms with Crippen molar-refractivity contribution in [3.05, 3.63) is 59.2 Å². The van der Waals surface area contributed by atoms with Gasteiger partial charge in [-0.15, -0.1) is 0 Å². The molecule has 1 saturated heterocycles. The van der Waals surface area contributed by atoms with Crippen molar-refractivity contribution in [3.63, 3.8) is 0 Å². The molecule has 0 spiro atoms. The third kappa shape index (κ3) is 3.42. The zero-order valence-electron chi connectivity index (χ0n) is 15.6. The van der Waals surface area contributed by atoms with Crippen molar-refractivity contribution < 1.29 is 14.3 Å². The van der Waals surface area contributed by atoms with Gasteiger partial charge in [-0.3, -0.25) is 4.79 Å². The zero-order chi connectivity index (χ0) is 18.8. The quantitative estimate of drug-likeness (QED) is 0.778. The molecule has 4 rings (SSSR count). The highest BCUT2D eigenvalue weighted by molar-refractivity contribution is 5.95. The number of benzene rings is 2. The fourth-order valence-corrected chi connectivity index (χ4v) is 3.98. The zero-order valence-corrected chi connectivity index (χ0v) is 15.6. The predicted octanol–water partition coefficient (Wildman–Crippen LogP) is 3.79. The van der Waals surface area contributed by atoms with Crippen LogP contribution in [0.15, 0.2) is 42.5 Å². The Morgan fingerprint density at radius 3 is 2.30 bits per heavy atom. The van der Waals surface area contributed by atoms with E-state index in [1.807, 2.05) is 29.2 Å². The van der Waals surface area contributed by atoms with Crippen LogP contribution in [0.5, 0.6) is 0 Å². The van der Waals surface area contributed by atoms with Gasteiger partial charge in [0.2, 0.25) is 0 Å².